The lowest BCUT2D eigenvalue weighted by atomic mass is 10.3. The van der Waals surface area contributed by atoms with Crippen molar-refractivity contribution in [2.45, 2.75) is 19.9 Å². The average Bonchev–Trinajstić information content (AvgIpc) is 3.00. The van der Waals surface area contributed by atoms with Crippen LogP contribution in [0.2, 0.25) is 0 Å². The first-order valence-corrected chi connectivity index (χ1v) is 7.32. The number of nitrogens with zero attached hydrogens (tertiary/aromatic N) is 2. The van der Waals surface area contributed by atoms with Crippen LogP contribution in [-0.4, -0.2) is 14.5 Å². The summed E-state index contributed by atoms with van der Waals surface area (Å²) >= 11 is 6.74. The van der Waals surface area contributed by atoms with Crippen molar-refractivity contribution < 1.29 is 8.78 Å². The van der Waals surface area contributed by atoms with Crippen molar-refractivity contribution in [3.8, 4) is 0 Å². The Morgan fingerprint density at radius 3 is 2.90 bits per heavy atom. The molecule has 0 aliphatic carbocycles. The van der Waals surface area contributed by atoms with Crippen molar-refractivity contribution in [1.82, 2.24) is 14.5 Å². The third-order valence-corrected chi connectivity index (χ3v) is 4.52. The molecule has 0 aliphatic heterocycles. The number of H-pyrrole nitrogens is 1. The molecule has 3 aromatic rings. The summed E-state index contributed by atoms with van der Waals surface area (Å²) in [5, 5.41) is 0.822. The molecule has 0 unspecified atom stereocenters. The van der Waals surface area contributed by atoms with Crippen molar-refractivity contribution in [2.75, 3.05) is 0 Å². The number of nitrogens with one attached hydrogen (secondary N) is 1. The highest BCUT2D eigenvalue weighted by Crippen LogP contribution is 2.23. The van der Waals surface area contributed by atoms with Gasteiger partial charge in [-0.2, -0.15) is 0 Å². The zero-order chi connectivity index (χ0) is 14.3. The molecular weight excluding hydrogens is 300 g/mol. The lowest BCUT2D eigenvalue weighted by molar-refractivity contribution is 0.512. The first-order chi connectivity index (χ1) is 9.60. The molecular formula is C13H11F2N3S2. The number of rotatable bonds is 3. The molecule has 20 heavy (non-hydrogen) atoms. The molecule has 0 saturated heterocycles. The maximum Gasteiger partial charge on any atom is 0.184 e. The summed E-state index contributed by atoms with van der Waals surface area (Å²) in [6, 6.07) is 2.57. The van der Waals surface area contributed by atoms with E-state index < -0.39 is 11.6 Å². The SMILES string of the molecule is CCc1cnc(Cn2c(=S)[nH]c3ccc(F)c(F)c32)s1. The van der Waals surface area contributed by atoms with E-state index in [2.05, 4.69) is 9.97 Å². The summed E-state index contributed by atoms with van der Waals surface area (Å²) in [6.07, 6.45) is 2.70. The van der Waals surface area contributed by atoms with Gasteiger partial charge in [0.15, 0.2) is 16.4 Å². The Bertz CT molecular complexity index is 832. The van der Waals surface area contributed by atoms with Gasteiger partial charge in [0.1, 0.15) is 10.5 Å². The molecule has 0 atom stereocenters. The van der Waals surface area contributed by atoms with E-state index in [1.54, 1.807) is 22.1 Å². The summed E-state index contributed by atoms with van der Waals surface area (Å²) < 4.78 is 29.3. The van der Waals surface area contributed by atoms with Crippen LogP contribution >= 0.6 is 23.6 Å². The highest BCUT2D eigenvalue weighted by atomic mass is 32.1. The van der Waals surface area contributed by atoms with Gasteiger partial charge in [-0.05, 0) is 30.8 Å². The largest absolute Gasteiger partial charge is 0.330 e. The Morgan fingerprint density at radius 1 is 1.40 bits per heavy atom. The fraction of sp³-hybridized carbons (Fsp3) is 0.231. The minimum Gasteiger partial charge on any atom is -0.330 e. The fourth-order valence-corrected chi connectivity index (χ4v) is 3.18. The topological polar surface area (TPSA) is 33.6 Å². The van der Waals surface area contributed by atoms with Crippen LogP contribution in [-0.2, 0) is 13.0 Å². The van der Waals surface area contributed by atoms with Gasteiger partial charge in [-0.25, -0.2) is 13.8 Å². The molecule has 0 amide bonds. The quantitative estimate of drug-likeness (QED) is 0.741. The lowest BCUT2D eigenvalue weighted by Crippen LogP contribution is -2.01. The number of aromatic amines is 1. The third-order valence-electron chi connectivity index (χ3n) is 3.07. The van der Waals surface area contributed by atoms with E-state index >= 15 is 0 Å². The van der Waals surface area contributed by atoms with Crippen LogP contribution in [0.15, 0.2) is 18.3 Å². The zero-order valence-corrected chi connectivity index (χ0v) is 12.2. The second kappa shape index (κ2) is 5.06. The standard InChI is InChI=1S/C13H11F2N3S2/c1-2-7-5-16-10(20-7)6-18-12-9(17-13(18)19)4-3-8(14)11(12)15/h3-5H,2,6H2,1H3,(H,17,19). The number of hydrogen-bond donors (Lipinski definition) is 1. The van der Waals surface area contributed by atoms with E-state index in [-0.39, 0.29) is 5.52 Å². The number of aromatic nitrogens is 3. The average molecular weight is 311 g/mol. The monoisotopic (exact) mass is 311 g/mol. The van der Waals surface area contributed by atoms with Gasteiger partial charge >= 0.3 is 0 Å². The molecule has 0 fully saturated rings. The molecule has 104 valence electrons. The highest BCUT2D eigenvalue weighted by molar-refractivity contribution is 7.71. The smallest absolute Gasteiger partial charge is 0.184 e. The van der Waals surface area contributed by atoms with E-state index in [4.69, 9.17) is 12.2 Å². The Hall–Kier alpha value is -1.60. The summed E-state index contributed by atoms with van der Waals surface area (Å²) in [6.45, 7) is 2.38. The van der Waals surface area contributed by atoms with Gasteiger partial charge in [0.25, 0.3) is 0 Å². The van der Waals surface area contributed by atoms with Crippen LogP contribution in [0.1, 0.15) is 16.8 Å². The van der Waals surface area contributed by atoms with Crippen molar-refractivity contribution in [3.05, 3.63) is 44.6 Å². The molecule has 1 N–H and O–H groups in total. The Morgan fingerprint density at radius 2 is 2.20 bits per heavy atom. The minimum absolute atomic E-state index is 0.156. The first-order valence-electron chi connectivity index (χ1n) is 6.10. The molecule has 2 aromatic heterocycles. The van der Waals surface area contributed by atoms with Gasteiger partial charge in [-0.3, -0.25) is 0 Å². The van der Waals surface area contributed by atoms with E-state index in [0.717, 1.165) is 22.4 Å². The fourth-order valence-electron chi connectivity index (χ4n) is 2.06. The summed E-state index contributed by atoms with van der Waals surface area (Å²) in [5.41, 5.74) is 0.643. The third kappa shape index (κ3) is 2.16. The van der Waals surface area contributed by atoms with Gasteiger partial charge < -0.3 is 9.55 Å². The van der Waals surface area contributed by atoms with Crippen LogP contribution < -0.4 is 0 Å². The summed E-state index contributed by atoms with van der Waals surface area (Å²) in [7, 11) is 0. The predicted octanol–water partition coefficient (Wildman–Crippen LogP) is 4.04. The molecule has 0 aliphatic rings. The van der Waals surface area contributed by atoms with Gasteiger partial charge in [0.2, 0.25) is 0 Å². The van der Waals surface area contributed by atoms with E-state index in [0.29, 0.717) is 16.8 Å². The Kier molecular flexibility index (Phi) is 3.39. The number of benzene rings is 1. The molecule has 0 saturated carbocycles. The van der Waals surface area contributed by atoms with Crippen LogP contribution in [0.25, 0.3) is 11.0 Å². The molecule has 2 heterocycles. The lowest BCUT2D eigenvalue weighted by Gasteiger charge is -2.03. The number of aryl methyl sites for hydroxylation is 1. The second-order valence-corrected chi connectivity index (χ2v) is 5.93. The molecule has 3 nitrogen and oxygen atoms in total. The summed E-state index contributed by atoms with van der Waals surface area (Å²) in [5.74, 6) is -1.77. The van der Waals surface area contributed by atoms with Gasteiger partial charge in [-0.15, -0.1) is 11.3 Å². The van der Waals surface area contributed by atoms with Gasteiger partial charge in [0, 0.05) is 11.1 Å². The number of imidazole rings is 1. The first kappa shape index (κ1) is 13.4. The normalized spacial score (nSPS) is 11.3. The molecule has 3 rings (SSSR count). The van der Waals surface area contributed by atoms with Gasteiger partial charge in [0.05, 0.1) is 12.1 Å². The van der Waals surface area contributed by atoms with E-state index in [1.165, 1.54) is 6.07 Å². The zero-order valence-electron chi connectivity index (χ0n) is 10.6. The van der Waals surface area contributed by atoms with E-state index in [1.807, 2.05) is 6.92 Å². The van der Waals surface area contributed by atoms with Crippen LogP contribution in [0.4, 0.5) is 8.78 Å². The molecule has 0 bridgehead atoms. The van der Waals surface area contributed by atoms with Crippen molar-refractivity contribution in [1.29, 1.82) is 0 Å². The van der Waals surface area contributed by atoms with Gasteiger partial charge in [-0.1, -0.05) is 6.92 Å². The van der Waals surface area contributed by atoms with Crippen LogP contribution in [0.3, 0.4) is 0 Å². The Balaban J connectivity index is 2.13. The predicted molar refractivity (Wildman–Crippen MR) is 77.6 cm³/mol. The number of halogens is 2. The molecule has 7 heteroatoms. The molecule has 0 radical (unpaired) electrons. The minimum atomic E-state index is -0.887. The molecule has 1 aromatic carbocycles. The summed E-state index contributed by atoms with van der Waals surface area (Å²) in [4.78, 5) is 8.32. The number of fused-ring (bicyclic) bond motifs is 1. The maximum atomic E-state index is 14.0. The van der Waals surface area contributed by atoms with E-state index in [9.17, 15) is 8.78 Å². The molecule has 0 spiro atoms. The number of hydrogen-bond acceptors (Lipinski definition) is 3. The second-order valence-electron chi connectivity index (χ2n) is 4.35. The number of thiazole rings is 1. The maximum absolute atomic E-state index is 14.0. The van der Waals surface area contributed by atoms with Crippen molar-refractivity contribution >= 4 is 34.6 Å². The highest BCUT2D eigenvalue weighted by Gasteiger charge is 2.14. The van der Waals surface area contributed by atoms with Crippen molar-refractivity contribution in [2.24, 2.45) is 0 Å². The van der Waals surface area contributed by atoms with Crippen LogP contribution in [0, 0.1) is 16.4 Å². The van der Waals surface area contributed by atoms with Crippen molar-refractivity contribution in [3.63, 3.8) is 0 Å². The van der Waals surface area contributed by atoms with Crippen LogP contribution in [0.5, 0.6) is 0 Å². The Labute approximate surface area is 122 Å².